The molecular weight excluding hydrogens is 525 g/mol. The average molecular weight is 547 g/mol. The van der Waals surface area contributed by atoms with Crippen LogP contribution in [0.1, 0.15) is 43.6 Å². The number of halogens is 3. The highest BCUT2D eigenvalue weighted by Gasteiger charge is 2.39. The Morgan fingerprint density at radius 2 is 1.79 bits per heavy atom. The first-order valence-corrected chi connectivity index (χ1v) is 12.7. The first kappa shape index (κ1) is 26.1. The molecule has 0 aliphatic carbocycles. The Labute approximate surface area is 225 Å². The van der Waals surface area contributed by atoms with E-state index in [1.54, 1.807) is 54.6 Å². The van der Waals surface area contributed by atoms with Crippen LogP contribution in [0.2, 0.25) is 0 Å². The molecule has 1 N–H and O–H groups in total. The van der Waals surface area contributed by atoms with Crippen LogP contribution in [0.25, 0.3) is 21.5 Å². The van der Waals surface area contributed by atoms with Gasteiger partial charge >= 0.3 is 6.18 Å². The molecule has 11 heteroatoms. The number of carbonyl (C=O) groups is 1. The van der Waals surface area contributed by atoms with Crippen LogP contribution in [0.5, 0.6) is 0 Å². The molecule has 0 bridgehead atoms. The van der Waals surface area contributed by atoms with E-state index in [1.807, 2.05) is 19.9 Å². The van der Waals surface area contributed by atoms with Gasteiger partial charge in [-0.05, 0) is 50.6 Å². The Hall–Kier alpha value is -4.56. The summed E-state index contributed by atoms with van der Waals surface area (Å²) in [5.41, 5.74) is 1.65. The van der Waals surface area contributed by atoms with Crippen LogP contribution in [0, 0.1) is 32.1 Å². The molecule has 5 rings (SSSR count). The monoisotopic (exact) mass is 546 g/mol. The van der Waals surface area contributed by atoms with Gasteiger partial charge in [0.05, 0.1) is 61.9 Å². The quantitative estimate of drug-likeness (QED) is 0.266. The third kappa shape index (κ3) is 5.11. The number of thiazole rings is 1. The number of para-hydroxylation sites is 1. The molecule has 0 radical (unpaired) electrons. The SMILES string of the molecule is Cc1nc(C)c(-c2cc(C(=O)Nc3c(C(F)(F)F)nn(Cc4ccc(C#N)cc4)c3C)c3ccccc3n2)s1. The summed E-state index contributed by atoms with van der Waals surface area (Å²) in [7, 11) is 0. The zero-order valence-electron chi connectivity index (χ0n) is 21.1. The van der Waals surface area contributed by atoms with Crippen LogP contribution in [0.3, 0.4) is 0 Å². The van der Waals surface area contributed by atoms with Crippen molar-refractivity contribution >= 4 is 33.8 Å². The first-order valence-electron chi connectivity index (χ1n) is 11.8. The topological polar surface area (TPSA) is 96.5 Å². The number of anilines is 1. The number of nitrogens with one attached hydrogen (secondary N) is 1. The lowest BCUT2D eigenvalue weighted by molar-refractivity contribution is -0.140. The van der Waals surface area contributed by atoms with E-state index < -0.39 is 23.5 Å². The maximum absolute atomic E-state index is 14.0. The van der Waals surface area contributed by atoms with Crippen LogP contribution < -0.4 is 5.32 Å². The number of rotatable bonds is 5. The smallest absolute Gasteiger partial charge is 0.319 e. The molecule has 0 spiro atoms. The molecule has 2 aromatic carbocycles. The minimum absolute atomic E-state index is 0.0306. The Morgan fingerprint density at radius 1 is 1.08 bits per heavy atom. The van der Waals surface area contributed by atoms with E-state index >= 15 is 0 Å². The van der Waals surface area contributed by atoms with E-state index in [1.165, 1.54) is 22.9 Å². The summed E-state index contributed by atoms with van der Waals surface area (Å²) in [6, 6.07) is 17.0. The summed E-state index contributed by atoms with van der Waals surface area (Å²) in [6.45, 7) is 5.22. The van der Waals surface area contributed by atoms with Gasteiger partial charge in [0.2, 0.25) is 0 Å². The highest BCUT2D eigenvalue weighted by atomic mass is 32.1. The molecule has 3 aromatic heterocycles. The van der Waals surface area contributed by atoms with Crippen LogP contribution in [-0.4, -0.2) is 25.7 Å². The van der Waals surface area contributed by atoms with Crippen LogP contribution in [0.15, 0.2) is 54.6 Å². The standard InChI is InChI=1S/C28H21F3N6OS/c1-15-25(39-17(3)33-15)23-12-21(20-6-4-5-7-22(20)34-23)27(38)35-24-16(2)37(36-26(24)28(29,30)31)14-19-10-8-18(13-32)9-11-19/h4-12H,14H2,1-3H3,(H,35,38). The van der Waals surface area contributed by atoms with Crippen molar-refractivity contribution in [3.05, 3.63) is 93.4 Å². The van der Waals surface area contributed by atoms with Crippen molar-refractivity contribution in [2.24, 2.45) is 0 Å². The van der Waals surface area contributed by atoms with Crippen molar-refractivity contribution in [3.63, 3.8) is 0 Å². The molecule has 39 heavy (non-hydrogen) atoms. The molecule has 0 unspecified atom stereocenters. The van der Waals surface area contributed by atoms with Gasteiger partial charge < -0.3 is 5.32 Å². The number of hydrogen-bond acceptors (Lipinski definition) is 6. The fourth-order valence-electron chi connectivity index (χ4n) is 4.34. The van der Waals surface area contributed by atoms with E-state index in [-0.39, 0.29) is 17.8 Å². The van der Waals surface area contributed by atoms with E-state index in [9.17, 15) is 18.0 Å². The number of hydrogen-bond donors (Lipinski definition) is 1. The highest BCUT2D eigenvalue weighted by molar-refractivity contribution is 7.15. The fraction of sp³-hybridized carbons (Fsp3) is 0.179. The van der Waals surface area contributed by atoms with Gasteiger partial charge in [0.1, 0.15) is 0 Å². The van der Waals surface area contributed by atoms with Crippen molar-refractivity contribution < 1.29 is 18.0 Å². The van der Waals surface area contributed by atoms with Crippen LogP contribution in [0.4, 0.5) is 18.9 Å². The van der Waals surface area contributed by atoms with Crippen molar-refractivity contribution in [1.82, 2.24) is 19.7 Å². The van der Waals surface area contributed by atoms with Gasteiger partial charge in [0.15, 0.2) is 5.69 Å². The fourth-order valence-corrected chi connectivity index (χ4v) is 5.22. The second-order valence-corrected chi connectivity index (χ2v) is 10.2. The summed E-state index contributed by atoms with van der Waals surface area (Å²) >= 11 is 1.43. The van der Waals surface area contributed by atoms with E-state index in [2.05, 4.69) is 20.4 Å². The zero-order chi connectivity index (χ0) is 27.9. The number of aromatic nitrogens is 4. The molecule has 0 aliphatic heterocycles. The normalized spacial score (nSPS) is 11.5. The van der Waals surface area contributed by atoms with Gasteiger partial charge in [-0.25, -0.2) is 9.97 Å². The van der Waals surface area contributed by atoms with Gasteiger partial charge in [0, 0.05) is 5.39 Å². The molecular formula is C28H21F3N6OS. The summed E-state index contributed by atoms with van der Waals surface area (Å²) in [6.07, 6.45) is -4.80. The van der Waals surface area contributed by atoms with Gasteiger partial charge in [-0.3, -0.25) is 9.48 Å². The Morgan fingerprint density at radius 3 is 2.44 bits per heavy atom. The largest absolute Gasteiger partial charge is 0.437 e. The summed E-state index contributed by atoms with van der Waals surface area (Å²) in [4.78, 5) is 23.5. The van der Waals surface area contributed by atoms with E-state index in [0.717, 1.165) is 15.6 Å². The van der Waals surface area contributed by atoms with Crippen molar-refractivity contribution in [2.75, 3.05) is 5.32 Å². The number of amides is 1. The molecule has 0 aliphatic rings. The maximum atomic E-state index is 14.0. The third-order valence-corrected chi connectivity index (χ3v) is 7.32. The molecule has 5 aromatic rings. The maximum Gasteiger partial charge on any atom is 0.437 e. The predicted molar refractivity (Wildman–Crippen MR) is 143 cm³/mol. The lowest BCUT2D eigenvalue weighted by Crippen LogP contribution is -2.17. The molecule has 196 valence electrons. The van der Waals surface area contributed by atoms with Gasteiger partial charge in [-0.15, -0.1) is 11.3 Å². The second-order valence-electron chi connectivity index (χ2n) is 8.95. The zero-order valence-corrected chi connectivity index (χ0v) is 21.9. The molecule has 0 atom stereocenters. The molecule has 0 fully saturated rings. The highest BCUT2D eigenvalue weighted by Crippen LogP contribution is 2.37. The van der Waals surface area contributed by atoms with Crippen molar-refractivity contribution in [2.45, 2.75) is 33.5 Å². The van der Waals surface area contributed by atoms with Gasteiger partial charge in [-0.2, -0.15) is 23.5 Å². The van der Waals surface area contributed by atoms with Crippen molar-refractivity contribution in [3.8, 4) is 16.6 Å². The minimum atomic E-state index is -4.80. The molecule has 7 nitrogen and oxygen atoms in total. The summed E-state index contributed by atoms with van der Waals surface area (Å²) < 4.78 is 43.3. The summed E-state index contributed by atoms with van der Waals surface area (Å²) in [5, 5.41) is 16.6. The molecule has 3 heterocycles. The average Bonchev–Trinajstić information content (AvgIpc) is 3.41. The van der Waals surface area contributed by atoms with Crippen molar-refractivity contribution in [1.29, 1.82) is 5.26 Å². The number of fused-ring (bicyclic) bond motifs is 1. The van der Waals surface area contributed by atoms with Gasteiger partial charge in [-0.1, -0.05) is 30.3 Å². The van der Waals surface area contributed by atoms with Crippen LogP contribution in [-0.2, 0) is 12.7 Å². The molecule has 1 amide bonds. The number of nitriles is 1. The van der Waals surface area contributed by atoms with Crippen LogP contribution >= 0.6 is 11.3 Å². The predicted octanol–water partition coefficient (Wildman–Crippen LogP) is 6.67. The summed E-state index contributed by atoms with van der Waals surface area (Å²) in [5.74, 6) is -0.708. The minimum Gasteiger partial charge on any atom is -0.319 e. The lowest BCUT2D eigenvalue weighted by atomic mass is 10.1. The Balaban J connectivity index is 1.56. The number of carbonyl (C=O) groups excluding carboxylic acids is 1. The Bertz CT molecular complexity index is 1760. The number of aryl methyl sites for hydroxylation is 2. The molecule has 0 saturated carbocycles. The number of alkyl halides is 3. The number of nitrogens with zero attached hydrogens (tertiary/aromatic N) is 5. The first-order chi connectivity index (χ1) is 18.5. The number of pyridine rings is 1. The Kier molecular flexibility index (Phi) is 6.66. The third-order valence-electron chi connectivity index (χ3n) is 6.23. The molecule has 0 saturated heterocycles. The second kappa shape index (κ2) is 9.96. The lowest BCUT2D eigenvalue weighted by Gasteiger charge is -2.12. The van der Waals surface area contributed by atoms with E-state index in [0.29, 0.717) is 27.7 Å². The van der Waals surface area contributed by atoms with Gasteiger partial charge in [0.25, 0.3) is 5.91 Å². The number of benzene rings is 2. The van der Waals surface area contributed by atoms with E-state index in [4.69, 9.17) is 5.26 Å².